The Labute approximate surface area is 856 Å². The number of methoxy groups -OCH3 is 8. The van der Waals surface area contributed by atoms with Crippen LogP contribution in [-0.2, 0) is 64.2 Å². The molecule has 144 heavy (non-hydrogen) atoms. The van der Waals surface area contributed by atoms with E-state index in [1.807, 2.05) is 104 Å². The maximum Gasteiger partial charge on any atom is 0.256 e. The number of carbonyl (C=O) groups excluding carboxylic acids is 4. The molecule has 0 spiro atoms. The monoisotopic (exact) mass is 1970 g/mol. The fraction of sp³-hybridized carbons (Fsp3) is 0.377. The van der Waals surface area contributed by atoms with E-state index in [2.05, 4.69) is 142 Å². The number of benzene rings is 8. The SMILES string of the molecule is COc1cc(CC(=O)c2cc(O)c(O)c(CC=C(C)C)c2)c(C/C=C(\C)CCC=C(C)C)c(OC)c1.COc1cc(CC(=O)c2ccc(O)c(O)c2CC=C(C)C)c(C/C=C(\C)CCC=C(C)C)c(OC)c1.COc1cc(OC)c(C/C=C(\C)CCC=C(C)C)c(C(=O)Nc2cc(O)c(O)c(CC=C(C)C)c2)c1.COc1cc(OC)c(C/C=C(\C)CCC=C(C)C)c(C(=O)Nc2ccc(O)c(O)c2CC=C(C)C)c1. The molecule has 0 fully saturated rings. The summed E-state index contributed by atoms with van der Waals surface area (Å²) in [5.74, 6) is 1.72. The summed E-state index contributed by atoms with van der Waals surface area (Å²) in [6.07, 6.45) is 37.0. The third-order valence-electron chi connectivity index (χ3n) is 23.8. The van der Waals surface area contributed by atoms with Crippen LogP contribution in [0.2, 0.25) is 0 Å². The molecule has 0 heterocycles. The second kappa shape index (κ2) is 60.9. The second-order valence-corrected chi connectivity index (χ2v) is 37.9. The summed E-state index contributed by atoms with van der Waals surface area (Å²) < 4.78 is 44.3. The normalized spacial score (nSPS) is 11.1. The Morgan fingerprint density at radius 1 is 0.257 bits per heavy atom. The van der Waals surface area contributed by atoms with Gasteiger partial charge < -0.3 is 89.4 Å². The van der Waals surface area contributed by atoms with E-state index in [0.29, 0.717) is 153 Å². The van der Waals surface area contributed by atoms with Crippen molar-refractivity contribution in [2.75, 3.05) is 67.5 Å². The van der Waals surface area contributed by atoms with Crippen molar-refractivity contribution in [3.8, 4) is 92.0 Å². The Hall–Kier alpha value is -14.3. The van der Waals surface area contributed by atoms with Gasteiger partial charge in [0.05, 0.1) is 68.0 Å². The number of Topliss-reactive ketones (excluding diaryl/α,β-unsaturated/α-hetero) is 2. The van der Waals surface area contributed by atoms with Crippen LogP contribution in [-0.4, -0.2) is 121 Å². The molecule has 0 unspecified atom stereocenters. The van der Waals surface area contributed by atoms with Crippen molar-refractivity contribution in [3.63, 3.8) is 0 Å². The van der Waals surface area contributed by atoms with Crippen LogP contribution in [0.15, 0.2) is 237 Å². The van der Waals surface area contributed by atoms with Crippen molar-refractivity contribution < 1.29 is 97.9 Å². The van der Waals surface area contributed by atoms with E-state index in [9.17, 15) is 60.0 Å². The first kappa shape index (κ1) is 120. The van der Waals surface area contributed by atoms with Crippen molar-refractivity contribution in [2.45, 2.75) is 254 Å². The zero-order valence-corrected chi connectivity index (χ0v) is 90.4. The number of nitrogens with one attached hydrogen (secondary N) is 2. The highest BCUT2D eigenvalue weighted by Gasteiger charge is 2.27. The fourth-order valence-electron chi connectivity index (χ4n) is 15.4. The molecule has 0 aliphatic carbocycles. The molecule has 0 aliphatic rings. The predicted molar refractivity (Wildman–Crippen MR) is 586 cm³/mol. The number of anilines is 2. The molecule has 0 atom stereocenters. The largest absolute Gasteiger partial charge is 0.504 e. The van der Waals surface area contributed by atoms with Crippen molar-refractivity contribution in [2.24, 2.45) is 0 Å². The van der Waals surface area contributed by atoms with Crippen LogP contribution in [0, 0.1) is 0 Å². The number of phenolic OH excluding ortho intramolecular Hbond substituents is 8. The number of carbonyl (C=O) groups is 4. The molecule has 0 bridgehead atoms. The van der Waals surface area contributed by atoms with Crippen LogP contribution in [0.4, 0.5) is 11.4 Å². The minimum Gasteiger partial charge on any atom is -0.504 e. The van der Waals surface area contributed by atoms with Crippen molar-refractivity contribution in [3.05, 3.63) is 315 Å². The number of allylic oxidation sites excluding steroid dienone is 24. The maximum atomic E-state index is 13.5. The number of hydrogen-bond donors (Lipinski definition) is 10. The molecule has 8 aromatic carbocycles. The van der Waals surface area contributed by atoms with E-state index in [4.69, 9.17) is 37.9 Å². The van der Waals surface area contributed by atoms with Gasteiger partial charge in [0.25, 0.3) is 11.8 Å². The molecule has 8 rings (SSSR count). The summed E-state index contributed by atoms with van der Waals surface area (Å²) in [7, 11) is 12.6. The Morgan fingerprint density at radius 3 is 0.931 bits per heavy atom. The summed E-state index contributed by atoms with van der Waals surface area (Å²) in [4.78, 5) is 53.8. The topological polar surface area (TPSA) is 328 Å². The van der Waals surface area contributed by atoms with Gasteiger partial charge in [-0.05, 0) is 319 Å². The third kappa shape index (κ3) is 39.6. The van der Waals surface area contributed by atoms with Crippen LogP contribution in [0.1, 0.15) is 287 Å². The van der Waals surface area contributed by atoms with Gasteiger partial charge in [0.15, 0.2) is 57.6 Å². The average Bonchev–Trinajstić information content (AvgIpc) is 0.801. The van der Waals surface area contributed by atoms with Crippen molar-refractivity contribution in [1.82, 2.24) is 0 Å². The number of ether oxygens (including phenoxy) is 8. The lowest BCUT2D eigenvalue weighted by molar-refractivity contribution is 0.0983. The first-order valence-electron chi connectivity index (χ1n) is 48.8. The minimum atomic E-state index is -0.365. The molecule has 2 amide bonds. The maximum absolute atomic E-state index is 13.5. The Bertz CT molecular complexity index is 6130. The van der Waals surface area contributed by atoms with E-state index >= 15 is 0 Å². The number of phenols is 8. The van der Waals surface area contributed by atoms with Gasteiger partial charge in [0.2, 0.25) is 0 Å². The van der Waals surface area contributed by atoms with Gasteiger partial charge in [-0.25, -0.2) is 0 Å². The van der Waals surface area contributed by atoms with Crippen molar-refractivity contribution in [1.29, 1.82) is 0 Å². The zero-order valence-electron chi connectivity index (χ0n) is 90.4. The van der Waals surface area contributed by atoms with Gasteiger partial charge in [-0.2, -0.15) is 0 Å². The first-order valence-corrected chi connectivity index (χ1v) is 48.8. The molecular weight excluding hydrogens is 1810 g/mol. The molecule has 0 saturated heterocycles. The van der Waals surface area contributed by atoms with Gasteiger partial charge in [-0.3, -0.25) is 19.2 Å². The Kier molecular flexibility index (Phi) is 50.8. The first-order chi connectivity index (χ1) is 68.2. The fourth-order valence-corrected chi connectivity index (χ4v) is 15.4. The van der Waals surface area contributed by atoms with E-state index in [1.54, 1.807) is 98.3 Å². The smallest absolute Gasteiger partial charge is 0.256 e. The molecule has 776 valence electrons. The highest BCUT2D eigenvalue weighted by molar-refractivity contribution is 6.08. The van der Waals surface area contributed by atoms with Gasteiger partial charge >= 0.3 is 0 Å². The van der Waals surface area contributed by atoms with E-state index in [1.165, 1.54) is 76.0 Å². The van der Waals surface area contributed by atoms with Gasteiger partial charge in [0.1, 0.15) is 46.0 Å². The predicted octanol–water partition coefficient (Wildman–Crippen LogP) is 28.8. The summed E-state index contributed by atoms with van der Waals surface area (Å²) in [5.41, 5.74) is 23.7. The lowest BCUT2D eigenvalue weighted by atomic mass is 9.92. The molecule has 10 N–H and O–H groups in total. The van der Waals surface area contributed by atoms with Gasteiger partial charge in [-0.1, -0.05) is 140 Å². The molecule has 0 aliphatic heterocycles. The van der Waals surface area contributed by atoms with Crippen LogP contribution in [0.5, 0.6) is 92.0 Å². The number of aromatic hydroxyl groups is 8. The molecule has 0 aromatic heterocycles. The highest BCUT2D eigenvalue weighted by Crippen LogP contribution is 2.42. The summed E-state index contributed by atoms with van der Waals surface area (Å²) in [6.45, 7) is 40.8. The molecule has 0 saturated carbocycles. The lowest BCUT2D eigenvalue weighted by Crippen LogP contribution is -2.16. The van der Waals surface area contributed by atoms with E-state index in [0.717, 1.165) is 107 Å². The van der Waals surface area contributed by atoms with Crippen LogP contribution < -0.4 is 48.5 Å². The summed E-state index contributed by atoms with van der Waals surface area (Å²) in [5, 5.41) is 87.8. The van der Waals surface area contributed by atoms with Crippen LogP contribution in [0.3, 0.4) is 0 Å². The quantitative estimate of drug-likeness (QED) is 0.00733. The molecule has 0 radical (unpaired) electrons. The van der Waals surface area contributed by atoms with Crippen molar-refractivity contribution >= 4 is 34.8 Å². The molecule has 22 heteroatoms. The minimum absolute atomic E-state index is 0.111. The van der Waals surface area contributed by atoms with E-state index < -0.39 is 0 Å². The van der Waals surface area contributed by atoms with E-state index in [-0.39, 0.29) is 82.2 Å². The molecule has 22 nitrogen and oxygen atoms in total. The van der Waals surface area contributed by atoms with Gasteiger partial charge in [-0.15, -0.1) is 0 Å². The Morgan fingerprint density at radius 2 is 0.562 bits per heavy atom. The van der Waals surface area contributed by atoms with Crippen LogP contribution in [0.25, 0.3) is 0 Å². The number of ketones is 2. The number of hydrogen-bond acceptors (Lipinski definition) is 20. The standard InChI is InChI=1S/2C31H40O5.2C30H39NO5/c1-20(2)9-8-10-22(5)12-14-27-24(16-26(35-6)19-30(27)36-7)17-28(32)25-15-23(13-11-21(3)4)31(34)29(33)18-25;1-20(2)9-8-10-22(5)12-14-25-23(17-24(35-6)19-30(25)36-7)18-29(33)26-15-16-28(32)31(34)27(26)13-11-21(3)4;1-19(2)9-8-10-21(5)12-14-25-26(17-24(35-6)18-28(25)36-7)30(34)31-23-15-22(13-11-20(3)4)29(33)27(32)16-23;1-19(2)9-8-10-21(5)12-14-23-25(17-22(35-6)18-28(23)36-7)30(34)31-26-15-16-27(32)29(33)24(26)13-11-20(3)4/h9,11-12,15-16,18-19,33-34H,8,10,13-14,17H2,1-7H3;9,11-12,15-17,19,32,34H,8,10,13-14,18H2,1-7H3;2*9,11-12,15-18,32-33H,8,10,13-14H2,1-7H3,(H,31,34)/b2*22-12+;2*21-12+. The zero-order chi connectivity index (χ0) is 107. The Balaban J connectivity index is 0.000000338. The van der Waals surface area contributed by atoms with Crippen LogP contribution >= 0.6 is 0 Å². The number of amides is 2. The third-order valence-corrected chi connectivity index (χ3v) is 23.8. The van der Waals surface area contributed by atoms with Gasteiger partial charge in [0, 0.05) is 110 Å². The molecule has 8 aromatic rings. The lowest BCUT2D eigenvalue weighted by Gasteiger charge is -2.17. The number of rotatable bonds is 46. The summed E-state index contributed by atoms with van der Waals surface area (Å²) >= 11 is 0. The average molecular weight is 1970 g/mol. The highest BCUT2D eigenvalue weighted by atomic mass is 16.5. The molecular formula is C122H158N2O20. The second-order valence-electron chi connectivity index (χ2n) is 37.9. The summed E-state index contributed by atoms with van der Waals surface area (Å²) in [6, 6.07) is 26.2.